The third-order valence-electron chi connectivity index (χ3n) is 1.83. The average molecular weight is 198 g/mol. The number of primary amides is 1. The van der Waals surface area contributed by atoms with E-state index in [-0.39, 0.29) is 5.91 Å². The molecule has 0 unspecified atom stereocenters. The van der Waals surface area contributed by atoms with Gasteiger partial charge in [-0.15, -0.1) is 0 Å². The van der Waals surface area contributed by atoms with Gasteiger partial charge in [0.2, 0.25) is 5.91 Å². The molecule has 0 saturated heterocycles. The molecule has 1 heterocycles. The molecule has 4 heteroatoms. The summed E-state index contributed by atoms with van der Waals surface area (Å²) in [5.74, 6) is -0.255. The Morgan fingerprint density at radius 3 is 2.92 bits per heavy atom. The second-order valence-electron chi connectivity index (χ2n) is 2.97. The Balaban J connectivity index is 2.20. The molecule has 0 fully saturated rings. The van der Waals surface area contributed by atoms with Crippen molar-refractivity contribution < 1.29 is 4.79 Å². The first-order valence-corrected chi connectivity index (χ1v) is 5.15. The molecular weight excluding hydrogens is 184 g/mol. The Bertz CT molecular complexity index is 283. The molecule has 72 valence electrons. The largest absolute Gasteiger partial charge is 0.370 e. The minimum Gasteiger partial charge on any atom is -0.370 e. The topological polar surface area (TPSA) is 55.1 Å². The highest BCUT2D eigenvalue weighted by molar-refractivity contribution is 7.08. The van der Waals surface area contributed by atoms with E-state index < -0.39 is 0 Å². The summed E-state index contributed by atoms with van der Waals surface area (Å²) in [5, 5.41) is 7.40. The Morgan fingerprint density at radius 1 is 1.62 bits per heavy atom. The lowest BCUT2D eigenvalue weighted by Crippen LogP contribution is -2.21. The molecule has 1 amide bonds. The van der Waals surface area contributed by atoms with Crippen LogP contribution < -0.4 is 11.1 Å². The zero-order valence-electron chi connectivity index (χ0n) is 7.67. The van der Waals surface area contributed by atoms with Crippen LogP contribution in [0.4, 0.5) is 0 Å². The van der Waals surface area contributed by atoms with E-state index in [1.54, 1.807) is 11.3 Å². The van der Waals surface area contributed by atoms with Crippen LogP contribution in [0.1, 0.15) is 17.5 Å². The van der Waals surface area contributed by atoms with Crippen LogP contribution in [0.3, 0.4) is 0 Å². The number of carbonyl (C=O) groups excluding carboxylic acids is 1. The lowest BCUT2D eigenvalue weighted by molar-refractivity contribution is -0.117. The van der Waals surface area contributed by atoms with Gasteiger partial charge in [-0.3, -0.25) is 4.79 Å². The zero-order valence-corrected chi connectivity index (χ0v) is 8.49. The summed E-state index contributed by atoms with van der Waals surface area (Å²) in [5.41, 5.74) is 7.61. The third kappa shape index (κ3) is 3.57. The van der Waals surface area contributed by atoms with Gasteiger partial charge in [-0.1, -0.05) is 0 Å². The minimum atomic E-state index is -0.255. The van der Waals surface area contributed by atoms with Gasteiger partial charge in [-0.05, 0) is 28.8 Å². The van der Waals surface area contributed by atoms with E-state index in [2.05, 4.69) is 23.0 Å². The van der Waals surface area contributed by atoms with Crippen molar-refractivity contribution in [1.29, 1.82) is 0 Å². The quantitative estimate of drug-likeness (QED) is 0.694. The molecule has 3 N–H and O–H groups in total. The van der Waals surface area contributed by atoms with E-state index in [4.69, 9.17) is 5.73 Å². The smallest absolute Gasteiger partial charge is 0.218 e. The zero-order chi connectivity index (χ0) is 9.68. The fraction of sp³-hybridized carbons (Fsp3) is 0.444. The van der Waals surface area contributed by atoms with Gasteiger partial charge in [0.1, 0.15) is 0 Å². The fourth-order valence-electron chi connectivity index (χ4n) is 1.00. The monoisotopic (exact) mass is 198 g/mol. The van der Waals surface area contributed by atoms with Crippen molar-refractivity contribution in [3.63, 3.8) is 0 Å². The average Bonchev–Trinajstić information content (AvgIpc) is 2.45. The molecule has 0 radical (unpaired) electrons. The maximum absolute atomic E-state index is 10.4. The van der Waals surface area contributed by atoms with Crippen LogP contribution in [0, 0.1) is 6.92 Å². The summed E-state index contributed by atoms with van der Waals surface area (Å²) in [7, 11) is 0. The molecule has 0 atom stereocenters. The van der Waals surface area contributed by atoms with Crippen molar-refractivity contribution in [2.45, 2.75) is 19.9 Å². The van der Waals surface area contributed by atoms with E-state index in [0.717, 1.165) is 6.54 Å². The Morgan fingerprint density at radius 2 is 2.38 bits per heavy atom. The Hall–Kier alpha value is -0.870. The van der Waals surface area contributed by atoms with Gasteiger partial charge >= 0.3 is 0 Å². The van der Waals surface area contributed by atoms with Gasteiger partial charge in [0.15, 0.2) is 0 Å². The maximum atomic E-state index is 10.4. The number of nitrogens with one attached hydrogen (secondary N) is 1. The molecule has 0 bridgehead atoms. The summed E-state index contributed by atoms with van der Waals surface area (Å²) >= 11 is 1.70. The lowest BCUT2D eigenvalue weighted by atomic mass is 10.2. The predicted octanol–water partition coefficient (Wildman–Crippen LogP) is 1.02. The Labute approximate surface area is 81.9 Å². The van der Waals surface area contributed by atoms with Crippen LogP contribution in [-0.2, 0) is 11.3 Å². The minimum absolute atomic E-state index is 0.255. The normalized spacial score (nSPS) is 10.2. The molecule has 0 saturated carbocycles. The van der Waals surface area contributed by atoms with Gasteiger partial charge in [0, 0.05) is 19.5 Å². The molecule has 3 nitrogen and oxygen atoms in total. The van der Waals surface area contributed by atoms with E-state index in [9.17, 15) is 4.79 Å². The van der Waals surface area contributed by atoms with Gasteiger partial charge in [-0.2, -0.15) is 11.3 Å². The van der Waals surface area contributed by atoms with Crippen molar-refractivity contribution >= 4 is 17.2 Å². The maximum Gasteiger partial charge on any atom is 0.218 e. The first-order chi connectivity index (χ1) is 6.20. The van der Waals surface area contributed by atoms with E-state index in [1.165, 1.54) is 11.1 Å². The molecule has 13 heavy (non-hydrogen) atoms. The summed E-state index contributed by atoms with van der Waals surface area (Å²) in [6.45, 7) is 3.56. The van der Waals surface area contributed by atoms with Crippen LogP contribution in [-0.4, -0.2) is 12.5 Å². The lowest BCUT2D eigenvalue weighted by Gasteiger charge is -2.01. The standard InChI is InChI=1S/C9H14N2OS/c1-7-5-13-6-8(7)4-11-3-2-9(10)12/h5-6,11H,2-4H2,1H3,(H2,10,12). The van der Waals surface area contributed by atoms with Crippen LogP contribution in [0.25, 0.3) is 0 Å². The summed E-state index contributed by atoms with van der Waals surface area (Å²) < 4.78 is 0. The fourth-order valence-corrected chi connectivity index (χ4v) is 1.86. The van der Waals surface area contributed by atoms with E-state index in [0.29, 0.717) is 13.0 Å². The van der Waals surface area contributed by atoms with Crippen molar-refractivity contribution in [2.24, 2.45) is 5.73 Å². The number of hydrogen-bond acceptors (Lipinski definition) is 3. The van der Waals surface area contributed by atoms with Crippen molar-refractivity contribution in [3.05, 3.63) is 21.9 Å². The third-order valence-corrected chi connectivity index (χ3v) is 2.74. The summed E-state index contributed by atoms with van der Waals surface area (Å²) in [4.78, 5) is 10.4. The number of amides is 1. The molecule has 0 spiro atoms. The summed E-state index contributed by atoms with van der Waals surface area (Å²) in [6, 6.07) is 0. The van der Waals surface area contributed by atoms with Crippen molar-refractivity contribution in [2.75, 3.05) is 6.54 Å². The Kier molecular flexibility index (Phi) is 3.92. The number of carbonyl (C=O) groups is 1. The van der Waals surface area contributed by atoms with Gasteiger partial charge < -0.3 is 11.1 Å². The predicted molar refractivity (Wildman–Crippen MR) is 54.6 cm³/mol. The highest BCUT2D eigenvalue weighted by Crippen LogP contribution is 2.12. The highest BCUT2D eigenvalue weighted by atomic mass is 32.1. The number of thiophene rings is 1. The van der Waals surface area contributed by atoms with Crippen LogP contribution in [0.15, 0.2) is 10.8 Å². The molecule has 0 aromatic carbocycles. The van der Waals surface area contributed by atoms with Crippen molar-refractivity contribution in [3.8, 4) is 0 Å². The number of hydrogen-bond donors (Lipinski definition) is 2. The SMILES string of the molecule is Cc1cscc1CNCCC(N)=O. The number of aryl methyl sites for hydroxylation is 1. The molecule has 0 aliphatic carbocycles. The van der Waals surface area contributed by atoms with Crippen LogP contribution in [0.2, 0.25) is 0 Å². The van der Waals surface area contributed by atoms with E-state index in [1.807, 2.05) is 0 Å². The molecule has 1 aromatic heterocycles. The first-order valence-electron chi connectivity index (χ1n) is 4.21. The first kappa shape index (κ1) is 10.2. The highest BCUT2D eigenvalue weighted by Gasteiger charge is 1.98. The van der Waals surface area contributed by atoms with E-state index >= 15 is 0 Å². The van der Waals surface area contributed by atoms with Gasteiger partial charge in [0.05, 0.1) is 0 Å². The number of rotatable bonds is 5. The van der Waals surface area contributed by atoms with Crippen LogP contribution in [0.5, 0.6) is 0 Å². The molecular formula is C9H14N2OS. The van der Waals surface area contributed by atoms with Gasteiger partial charge in [0.25, 0.3) is 0 Å². The van der Waals surface area contributed by atoms with Crippen LogP contribution >= 0.6 is 11.3 Å². The van der Waals surface area contributed by atoms with Gasteiger partial charge in [-0.25, -0.2) is 0 Å². The second-order valence-corrected chi connectivity index (χ2v) is 3.72. The molecule has 1 aromatic rings. The number of nitrogens with two attached hydrogens (primary N) is 1. The second kappa shape index (κ2) is 4.99. The molecule has 1 rings (SSSR count). The molecule has 0 aliphatic rings. The molecule has 0 aliphatic heterocycles. The summed E-state index contributed by atoms with van der Waals surface area (Å²) in [6.07, 6.45) is 0.406. The van der Waals surface area contributed by atoms with Crippen molar-refractivity contribution in [1.82, 2.24) is 5.32 Å².